The van der Waals surface area contributed by atoms with E-state index in [0.717, 1.165) is 29.9 Å². The molecule has 4 heteroatoms. The predicted molar refractivity (Wildman–Crippen MR) is 88.4 cm³/mol. The SMILES string of the molecule is CCc1ccc(COc2c(CC(C)N)cccc2OC)s1. The molecule has 2 N–H and O–H groups in total. The highest BCUT2D eigenvalue weighted by Crippen LogP contribution is 2.33. The van der Waals surface area contributed by atoms with E-state index in [9.17, 15) is 0 Å². The summed E-state index contributed by atoms with van der Waals surface area (Å²) in [7, 11) is 1.66. The highest BCUT2D eigenvalue weighted by atomic mass is 32.1. The number of thiophene rings is 1. The van der Waals surface area contributed by atoms with Crippen LogP contribution in [0.25, 0.3) is 0 Å². The molecule has 21 heavy (non-hydrogen) atoms. The smallest absolute Gasteiger partial charge is 0.164 e. The van der Waals surface area contributed by atoms with Crippen LogP contribution in [0.15, 0.2) is 30.3 Å². The zero-order chi connectivity index (χ0) is 15.2. The highest BCUT2D eigenvalue weighted by Gasteiger charge is 2.12. The molecule has 0 radical (unpaired) electrons. The number of rotatable bonds is 7. The lowest BCUT2D eigenvalue weighted by atomic mass is 10.1. The van der Waals surface area contributed by atoms with Gasteiger partial charge in [0, 0.05) is 15.8 Å². The van der Waals surface area contributed by atoms with Crippen LogP contribution >= 0.6 is 11.3 Å². The number of hydrogen-bond donors (Lipinski definition) is 1. The van der Waals surface area contributed by atoms with E-state index in [1.54, 1.807) is 18.4 Å². The number of methoxy groups -OCH3 is 1. The minimum atomic E-state index is 0.0906. The van der Waals surface area contributed by atoms with E-state index >= 15 is 0 Å². The molecule has 3 nitrogen and oxygen atoms in total. The van der Waals surface area contributed by atoms with Crippen molar-refractivity contribution < 1.29 is 9.47 Å². The molecule has 1 heterocycles. The molecule has 2 rings (SSSR count). The van der Waals surface area contributed by atoms with Gasteiger partial charge in [0.25, 0.3) is 0 Å². The number of benzene rings is 1. The molecule has 1 atom stereocenters. The maximum atomic E-state index is 6.03. The Morgan fingerprint density at radius 1 is 1.19 bits per heavy atom. The molecule has 0 saturated carbocycles. The van der Waals surface area contributed by atoms with Gasteiger partial charge in [-0.2, -0.15) is 0 Å². The first-order valence-electron chi connectivity index (χ1n) is 7.25. The minimum Gasteiger partial charge on any atom is -0.493 e. The summed E-state index contributed by atoms with van der Waals surface area (Å²) in [5.41, 5.74) is 7.01. The molecule has 0 aliphatic rings. The fraction of sp³-hybridized carbons (Fsp3) is 0.412. The lowest BCUT2D eigenvalue weighted by Crippen LogP contribution is -2.18. The van der Waals surface area contributed by atoms with Crippen LogP contribution in [0, 0.1) is 0 Å². The second kappa shape index (κ2) is 7.48. The van der Waals surface area contributed by atoms with E-state index in [1.807, 2.05) is 25.1 Å². The molecule has 0 aliphatic carbocycles. The van der Waals surface area contributed by atoms with Crippen molar-refractivity contribution in [3.05, 3.63) is 45.6 Å². The summed E-state index contributed by atoms with van der Waals surface area (Å²) in [4.78, 5) is 2.61. The van der Waals surface area contributed by atoms with Crippen LogP contribution in [0.4, 0.5) is 0 Å². The molecule has 114 valence electrons. The molecule has 0 aliphatic heterocycles. The molecule has 0 fully saturated rings. The van der Waals surface area contributed by atoms with Gasteiger partial charge < -0.3 is 15.2 Å². The Kier molecular flexibility index (Phi) is 5.65. The fourth-order valence-corrected chi connectivity index (χ4v) is 3.10. The Labute approximate surface area is 130 Å². The molecule has 2 aromatic rings. The van der Waals surface area contributed by atoms with Gasteiger partial charge in [0.2, 0.25) is 0 Å². The van der Waals surface area contributed by atoms with Crippen LogP contribution in [0.1, 0.15) is 29.2 Å². The standard InChI is InChI=1S/C17H23NO2S/c1-4-14-8-9-15(21-14)11-20-17-13(10-12(2)18)6-5-7-16(17)19-3/h5-9,12H,4,10-11,18H2,1-3H3. The van der Waals surface area contributed by atoms with E-state index in [0.29, 0.717) is 6.61 Å². The van der Waals surface area contributed by atoms with Gasteiger partial charge in [0.15, 0.2) is 11.5 Å². The Morgan fingerprint density at radius 2 is 1.95 bits per heavy atom. The summed E-state index contributed by atoms with van der Waals surface area (Å²) in [5, 5.41) is 0. The van der Waals surface area contributed by atoms with Crippen molar-refractivity contribution in [2.75, 3.05) is 7.11 Å². The zero-order valence-electron chi connectivity index (χ0n) is 12.9. The van der Waals surface area contributed by atoms with Gasteiger partial charge in [-0.05, 0) is 43.5 Å². The van der Waals surface area contributed by atoms with Crippen molar-refractivity contribution in [1.29, 1.82) is 0 Å². The van der Waals surface area contributed by atoms with E-state index in [2.05, 4.69) is 19.1 Å². The van der Waals surface area contributed by atoms with Crippen molar-refractivity contribution in [2.45, 2.75) is 39.3 Å². The fourth-order valence-electron chi connectivity index (χ4n) is 2.23. The minimum absolute atomic E-state index is 0.0906. The number of aryl methyl sites for hydroxylation is 1. The summed E-state index contributed by atoms with van der Waals surface area (Å²) in [5.74, 6) is 1.57. The van der Waals surface area contributed by atoms with Crippen LogP contribution in [0.2, 0.25) is 0 Å². The number of para-hydroxylation sites is 1. The van der Waals surface area contributed by atoms with E-state index < -0.39 is 0 Å². The molecule has 0 bridgehead atoms. The first kappa shape index (κ1) is 15.9. The molecular formula is C17H23NO2S. The van der Waals surface area contributed by atoms with Gasteiger partial charge in [-0.25, -0.2) is 0 Å². The maximum Gasteiger partial charge on any atom is 0.164 e. The number of nitrogens with two attached hydrogens (primary N) is 1. The normalized spacial score (nSPS) is 12.2. The zero-order valence-corrected chi connectivity index (χ0v) is 13.7. The second-order valence-electron chi connectivity index (χ2n) is 5.14. The van der Waals surface area contributed by atoms with Crippen molar-refractivity contribution in [3.63, 3.8) is 0 Å². The van der Waals surface area contributed by atoms with Crippen LogP contribution in [0.5, 0.6) is 11.5 Å². The average Bonchev–Trinajstić information content (AvgIpc) is 2.93. The van der Waals surface area contributed by atoms with Crippen molar-refractivity contribution in [1.82, 2.24) is 0 Å². The Hall–Kier alpha value is -1.52. The van der Waals surface area contributed by atoms with Gasteiger partial charge in [-0.3, -0.25) is 0 Å². The molecule has 1 aromatic heterocycles. The highest BCUT2D eigenvalue weighted by molar-refractivity contribution is 7.11. The van der Waals surface area contributed by atoms with Gasteiger partial charge in [0.1, 0.15) is 6.61 Å². The Balaban J connectivity index is 2.16. The lowest BCUT2D eigenvalue weighted by Gasteiger charge is -2.15. The van der Waals surface area contributed by atoms with Crippen LogP contribution in [-0.2, 0) is 19.4 Å². The third kappa shape index (κ3) is 4.22. The van der Waals surface area contributed by atoms with Gasteiger partial charge >= 0.3 is 0 Å². The summed E-state index contributed by atoms with van der Waals surface area (Å²) < 4.78 is 11.5. The molecule has 0 spiro atoms. The monoisotopic (exact) mass is 305 g/mol. The summed E-state index contributed by atoms with van der Waals surface area (Å²) in [6.07, 6.45) is 1.84. The van der Waals surface area contributed by atoms with Crippen molar-refractivity contribution >= 4 is 11.3 Å². The molecule has 1 unspecified atom stereocenters. The van der Waals surface area contributed by atoms with Gasteiger partial charge in [0.05, 0.1) is 7.11 Å². The first-order chi connectivity index (χ1) is 10.1. The Morgan fingerprint density at radius 3 is 2.57 bits per heavy atom. The first-order valence-corrected chi connectivity index (χ1v) is 8.07. The third-order valence-electron chi connectivity index (χ3n) is 3.25. The summed E-state index contributed by atoms with van der Waals surface area (Å²) >= 11 is 1.79. The largest absolute Gasteiger partial charge is 0.493 e. The van der Waals surface area contributed by atoms with Gasteiger partial charge in [-0.15, -0.1) is 11.3 Å². The quantitative estimate of drug-likeness (QED) is 0.846. The second-order valence-corrected chi connectivity index (χ2v) is 6.39. The van der Waals surface area contributed by atoms with Crippen molar-refractivity contribution in [2.24, 2.45) is 5.73 Å². The number of hydrogen-bond acceptors (Lipinski definition) is 4. The third-order valence-corrected chi connectivity index (χ3v) is 4.45. The van der Waals surface area contributed by atoms with Crippen molar-refractivity contribution in [3.8, 4) is 11.5 Å². The van der Waals surface area contributed by atoms with Gasteiger partial charge in [-0.1, -0.05) is 19.1 Å². The summed E-state index contributed by atoms with van der Waals surface area (Å²) in [6, 6.07) is 10.3. The molecule has 0 amide bonds. The molecular weight excluding hydrogens is 282 g/mol. The van der Waals surface area contributed by atoms with E-state index in [1.165, 1.54) is 9.75 Å². The predicted octanol–water partition coefficient (Wildman–Crippen LogP) is 3.79. The van der Waals surface area contributed by atoms with Crippen LogP contribution < -0.4 is 15.2 Å². The topological polar surface area (TPSA) is 44.5 Å². The van der Waals surface area contributed by atoms with Crippen LogP contribution in [-0.4, -0.2) is 13.2 Å². The van der Waals surface area contributed by atoms with E-state index in [4.69, 9.17) is 15.2 Å². The average molecular weight is 305 g/mol. The molecule has 1 aromatic carbocycles. The number of ether oxygens (including phenoxy) is 2. The summed E-state index contributed by atoms with van der Waals surface area (Å²) in [6.45, 7) is 4.73. The lowest BCUT2D eigenvalue weighted by molar-refractivity contribution is 0.283. The maximum absolute atomic E-state index is 6.03. The Bertz CT molecular complexity index is 578. The van der Waals surface area contributed by atoms with E-state index in [-0.39, 0.29) is 6.04 Å². The molecule has 0 saturated heterocycles. The van der Waals surface area contributed by atoms with Crippen LogP contribution in [0.3, 0.4) is 0 Å².